The molecule has 5 rings (SSSR count). The molecule has 1 atom stereocenters. The summed E-state index contributed by atoms with van der Waals surface area (Å²) in [5.41, 5.74) is 2.88. The number of imidazole rings is 1. The van der Waals surface area contributed by atoms with Crippen LogP contribution in [0.5, 0.6) is 0 Å². The Morgan fingerprint density at radius 3 is 2.53 bits per heavy atom. The van der Waals surface area contributed by atoms with Crippen LogP contribution in [0.4, 0.5) is 5.69 Å². The molecule has 1 amide bonds. The normalized spacial score (nSPS) is 20.2. The minimum Gasteiger partial charge on any atom is -0.342 e. The molecule has 1 unspecified atom stereocenters. The lowest BCUT2D eigenvalue weighted by Crippen LogP contribution is -2.41. The second kappa shape index (κ2) is 8.33. The van der Waals surface area contributed by atoms with Crippen LogP contribution >= 0.6 is 0 Å². The van der Waals surface area contributed by atoms with Crippen LogP contribution in [0.2, 0.25) is 0 Å². The number of fused-ring (bicyclic) bond motifs is 1. The Morgan fingerprint density at radius 2 is 1.84 bits per heavy atom. The molecular formula is C24H28N4O3S. The number of H-pyrrole nitrogens is 1. The van der Waals surface area contributed by atoms with Gasteiger partial charge in [-0.05, 0) is 75.1 Å². The van der Waals surface area contributed by atoms with E-state index in [0.717, 1.165) is 36.1 Å². The first kappa shape index (κ1) is 21.2. The number of aromatic amines is 1. The minimum atomic E-state index is -3.55. The fourth-order valence-corrected chi connectivity index (χ4v) is 6.23. The van der Waals surface area contributed by atoms with E-state index in [1.54, 1.807) is 16.4 Å². The van der Waals surface area contributed by atoms with E-state index >= 15 is 0 Å². The summed E-state index contributed by atoms with van der Waals surface area (Å²) >= 11 is 0. The second-order valence-corrected chi connectivity index (χ2v) is 10.8. The number of amides is 1. The fourth-order valence-electron chi connectivity index (χ4n) is 4.53. The molecule has 1 aromatic heterocycles. The highest BCUT2D eigenvalue weighted by Gasteiger charge is 2.31. The van der Waals surface area contributed by atoms with E-state index in [9.17, 15) is 13.2 Å². The average Bonchev–Trinajstić information content (AvgIpc) is 3.15. The molecule has 1 saturated carbocycles. The number of piperidine rings is 1. The molecular weight excluding hydrogens is 424 g/mol. The maximum absolute atomic E-state index is 13.0. The third-order valence-corrected chi connectivity index (χ3v) is 8.74. The van der Waals surface area contributed by atoms with Crippen LogP contribution in [0.3, 0.4) is 0 Å². The number of anilines is 1. The fraction of sp³-hybridized carbons (Fsp3) is 0.417. The lowest BCUT2D eigenvalue weighted by atomic mass is 9.85. The van der Waals surface area contributed by atoms with E-state index in [-0.39, 0.29) is 16.8 Å². The number of aromatic nitrogens is 2. The summed E-state index contributed by atoms with van der Waals surface area (Å²) < 4.78 is 27.5. The summed E-state index contributed by atoms with van der Waals surface area (Å²) in [4.78, 5) is 21.0. The van der Waals surface area contributed by atoms with Crippen LogP contribution in [0, 0.1) is 0 Å². The minimum absolute atomic E-state index is 0.000990. The number of sulfonamides is 1. The Hall–Kier alpha value is -2.71. The van der Waals surface area contributed by atoms with Gasteiger partial charge in [-0.1, -0.05) is 12.8 Å². The summed E-state index contributed by atoms with van der Waals surface area (Å²) in [7, 11) is -3.55. The molecule has 1 aliphatic heterocycles. The quantitative estimate of drug-likeness (QED) is 0.589. The van der Waals surface area contributed by atoms with Crippen molar-refractivity contribution in [3.05, 3.63) is 53.9 Å². The third-order valence-electron chi connectivity index (χ3n) is 6.72. The molecule has 8 heteroatoms. The maximum Gasteiger partial charge on any atom is 0.255 e. The van der Waals surface area contributed by atoms with Gasteiger partial charge in [-0.2, -0.15) is 4.31 Å². The summed E-state index contributed by atoms with van der Waals surface area (Å²) in [5.74, 6) is 1.26. The van der Waals surface area contributed by atoms with Crippen molar-refractivity contribution in [1.29, 1.82) is 0 Å². The van der Waals surface area contributed by atoms with Gasteiger partial charge in [-0.3, -0.25) is 4.79 Å². The molecule has 2 fully saturated rings. The van der Waals surface area contributed by atoms with Gasteiger partial charge in [0.25, 0.3) is 5.91 Å². The highest BCUT2D eigenvalue weighted by molar-refractivity contribution is 7.89. The highest BCUT2D eigenvalue weighted by Crippen LogP contribution is 2.35. The molecule has 2 aromatic carbocycles. The van der Waals surface area contributed by atoms with Gasteiger partial charge in [0.1, 0.15) is 5.82 Å². The summed E-state index contributed by atoms with van der Waals surface area (Å²) in [5, 5.41) is 2.90. The summed E-state index contributed by atoms with van der Waals surface area (Å²) in [6.07, 6.45) is 6.41. The van der Waals surface area contributed by atoms with Crippen LogP contribution < -0.4 is 5.32 Å². The summed E-state index contributed by atoms with van der Waals surface area (Å²) in [6.45, 7) is 2.49. The molecule has 0 bridgehead atoms. The molecule has 7 nitrogen and oxygen atoms in total. The molecule has 32 heavy (non-hydrogen) atoms. The van der Waals surface area contributed by atoms with Gasteiger partial charge in [0.15, 0.2) is 0 Å². The van der Waals surface area contributed by atoms with Gasteiger partial charge >= 0.3 is 0 Å². The molecule has 1 saturated heterocycles. The first-order valence-electron chi connectivity index (χ1n) is 11.3. The SMILES string of the molecule is CC1CCCCN1S(=O)(=O)c1ccc(C(=O)Nc2ccc3nc(C4CCC4)[nH]c3c2)cc1. The van der Waals surface area contributed by atoms with Crippen LogP contribution in [-0.2, 0) is 10.0 Å². The highest BCUT2D eigenvalue weighted by atomic mass is 32.2. The van der Waals surface area contributed by atoms with E-state index in [1.807, 2.05) is 25.1 Å². The number of hydrogen-bond donors (Lipinski definition) is 2. The number of carbonyl (C=O) groups excluding carboxylic acids is 1. The predicted molar refractivity (Wildman–Crippen MR) is 124 cm³/mol. The molecule has 0 radical (unpaired) electrons. The van der Waals surface area contributed by atoms with Crippen molar-refractivity contribution >= 4 is 32.7 Å². The Bertz CT molecular complexity index is 1250. The number of hydrogen-bond acceptors (Lipinski definition) is 4. The van der Waals surface area contributed by atoms with E-state index < -0.39 is 10.0 Å². The van der Waals surface area contributed by atoms with Gasteiger partial charge in [0, 0.05) is 29.8 Å². The van der Waals surface area contributed by atoms with Gasteiger partial charge in [-0.15, -0.1) is 0 Å². The Balaban J connectivity index is 1.30. The van der Waals surface area contributed by atoms with Gasteiger partial charge in [0.05, 0.1) is 15.9 Å². The van der Waals surface area contributed by atoms with E-state index in [1.165, 1.54) is 31.4 Å². The zero-order valence-electron chi connectivity index (χ0n) is 18.2. The molecule has 2 aliphatic rings. The van der Waals surface area contributed by atoms with Crippen molar-refractivity contribution in [2.75, 3.05) is 11.9 Å². The first-order chi connectivity index (χ1) is 15.4. The predicted octanol–water partition coefficient (Wildman–Crippen LogP) is 4.65. The monoisotopic (exact) mass is 452 g/mol. The van der Waals surface area contributed by atoms with Crippen LogP contribution in [0.1, 0.15) is 67.5 Å². The van der Waals surface area contributed by atoms with Crippen molar-refractivity contribution in [2.45, 2.75) is 62.3 Å². The molecule has 2 heterocycles. The maximum atomic E-state index is 13.0. The van der Waals surface area contributed by atoms with Crippen molar-refractivity contribution in [3.63, 3.8) is 0 Å². The Morgan fingerprint density at radius 1 is 1.06 bits per heavy atom. The molecule has 2 N–H and O–H groups in total. The van der Waals surface area contributed by atoms with E-state index in [2.05, 4.69) is 15.3 Å². The molecule has 168 valence electrons. The Kier molecular flexibility index (Phi) is 5.51. The average molecular weight is 453 g/mol. The Labute approximate surface area is 188 Å². The number of nitrogens with zero attached hydrogens (tertiary/aromatic N) is 2. The van der Waals surface area contributed by atoms with Crippen molar-refractivity contribution in [3.8, 4) is 0 Å². The van der Waals surface area contributed by atoms with Crippen LogP contribution in [-0.4, -0.2) is 41.2 Å². The van der Waals surface area contributed by atoms with Crippen LogP contribution in [0.15, 0.2) is 47.4 Å². The second-order valence-electron chi connectivity index (χ2n) is 8.92. The van der Waals surface area contributed by atoms with Crippen molar-refractivity contribution in [2.24, 2.45) is 0 Å². The standard InChI is InChI=1S/C24H28N4O3S/c1-16-5-2-3-14-28(16)32(30,31)20-11-8-18(9-12-20)24(29)25-19-10-13-21-22(15-19)27-23(26-21)17-6-4-7-17/h8-13,15-17H,2-7,14H2,1H3,(H,25,29)(H,26,27). The molecule has 1 aliphatic carbocycles. The zero-order chi connectivity index (χ0) is 22.3. The first-order valence-corrected chi connectivity index (χ1v) is 12.8. The largest absolute Gasteiger partial charge is 0.342 e. The van der Waals surface area contributed by atoms with Gasteiger partial charge in [0.2, 0.25) is 10.0 Å². The zero-order valence-corrected chi connectivity index (χ0v) is 19.0. The topological polar surface area (TPSA) is 95.2 Å². The van der Waals surface area contributed by atoms with Gasteiger partial charge < -0.3 is 10.3 Å². The van der Waals surface area contributed by atoms with E-state index in [0.29, 0.717) is 23.7 Å². The van der Waals surface area contributed by atoms with Gasteiger partial charge in [-0.25, -0.2) is 13.4 Å². The lowest BCUT2D eigenvalue weighted by Gasteiger charge is -2.32. The number of nitrogens with one attached hydrogen (secondary N) is 2. The molecule has 3 aromatic rings. The van der Waals surface area contributed by atoms with E-state index in [4.69, 9.17) is 0 Å². The summed E-state index contributed by atoms with van der Waals surface area (Å²) in [6, 6.07) is 11.8. The smallest absolute Gasteiger partial charge is 0.255 e. The van der Waals surface area contributed by atoms with Crippen LogP contribution in [0.25, 0.3) is 11.0 Å². The number of benzene rings is 2. The number of carbonyl (C=O) groups is 1. The van der Waals surface area contributed by atoms with Crippen molar-refractivity contribution < 1.29 is 13.2 Å². The lowest BCUT2D eigenvalue weighted by molar-refractivity contribution is 0.102. The molecule has 0 spiro atoms. The number of rotatable bonds is 5. The third kappa shape index (κ3) is 3.93. The van der Waals surface area contributed by atoms with Crippen molar-refractivity contribution in [1.82, 2.24) is 14.3 Å².